The lowest BCUT2D eigenvalue weighted by atomic mass is 9.98. The maximum atomic E-state index is 5.07. The highest BCUT2D eigenvalue weighted by molar-refractivity contribution is 6.25. The highest BCUT2D eigenvalue weighted by Gasteiger charge is 2.22. The Morgan fingerprint density at radius 3 is 0.836 bits per heavy atom. The fourth-order valence-corrected chi connectivity index (χ4v) is 8.50. The van der Waals surface area contributed by atoms with Crippen LogP contribution < -0.4 is 0 Å². The molecule has 0 radical (unpaired) electrons. The summed E-state index contributed by atoms with van der Waals surface area (Å²) in [6, 6.07) is 68.8. The third-order valence-electron chi connectivity index (χ3n) is 11.4. The van der Waals surface area contributed by atoms with Gasteiger partial charge in [-0.2, -0.15) is 0 Å². The number of aromatic nitrogens is 7. The smallest absolute Gasteiger partial charge is 0.164 e. The van der Waals surface area contributed by atoms with Gasteiger partial charge in [0.15, 0.2) is 34.9 Å². The Morgan fingerprint density at radius 2 is 0.508 bits per heavy atom. The summed E-state index contributed by atoms with van der Waals surface area (Å²) < 4.78 is 2.40. The van der Waals surface area contributed by atoms with E-state index in [9.17, 15) is 0 Å². The Bertz CT molecular complexity index is 3230. The van der Waals surface area contributed by atoms with Gasteiger partial charge in [-0.15, -0.1) is 0 Å². The number of benzene rings is 8. The summed E-state index contributed by atoms with van der Waals surface area (Å²) in [6.45, 7) is 0. The largest absolute Gasteiger partial charge is 0.308 e. The zero-order valence-corrected chi connectivity index (χ0v) is 32.7. The van der Waals surface area contributed by atoms with Crippen molar-refractivity contribution >= 4 is 38.1 Å². The third kappa shape index (κ3) is 5.98. The number of fused-ring (bicyclic) bond motifs is 6. The van der Waals surface area contributed by atoms with Crippen molar-refractivity contribution in [2.45, 2.75) is 0 Å². The molecule has 0 saturated heterocycles. The minimum atomic E-state index is 0.624. The number of nitrogens with zero attached hydrogens (tertiary/aromatic N) is 7. The van der Waals surface area contributed by atoms with E-state index in [1.54, 1.807) is 0 Å². The van der Waals surface area contributed by atoms with Gasteiger partial charge in [0.1, 0.15) is 0 Å². The van der Waals surface area contributed by atoms with Gasteiger partial charge < -0.3 is 4.40 Å². The van der Waals surface area contributed by atoms with Crippen molar-refractivity contribution in [1.82, 2.24) is 34.3 Å². The number of hydrogen-bond donors (Lipinski definition) is 0. The van der Waals surface area contributed by atoms with E-state index in [1.165, 1.54) is 0 Å². The molecule has 0 aliphatic heterocycles. The second kappa shape index (κ2) is 14.1. The van der Waals surface area contributed by atoms with Crippen LogP contribution in [-0.2, 0) is 0 Å². The van der Waals surface area contributed by atoms with Gasteiger partial charge in [0.25, 0.3) is 0 Å². The van der Waals surface area contributed by atoms with E-state index in [0.717, 1.165) is 82.6 Å². The molecule has 0 bridgehead atoms. The molecule has 0 aliphatic rings. The summed E-state index contributed by atoms with van der Waals surface area (Å²) in [5, 5.41) is 4.57. The SMILES string of the molecule is c1ccc(-c2cc3c4cc(-c5nc(-c6ccccc6)nc(-c6ccccc6)n5)ccc4n4c5ccc(-c6nc(-c7ccccc7)nc(-c7ccccc7)n6)cc5c(c2)c34)cc1. The lowest BCUT2D eigenvalue weighted by Crippen LogP contribution is -2.00. The predicted octanol–water partition coefficient (Wildman–Crippen LogP) is 12.9. The van der Waals surface area contributed by atoms with Crippen molar-refractivity contribution in [2.24, 2.45) is 0 Å². The van der Waals surface area contributed by atoms with Crippen molar-refractivity contribution in [1.29, 1.82) is 0 Å². The highest BCUT2D eigenvalue weighted by atomic mass is 15.0. The maximum absolute atomic E-state index is 5.07. The van der Waals surface area contributed by atoms with Gasteiger partial charge in [0, 0.05) is 54.9 Å². The van der Waals surface area contributed by atoms with Crippen LogP contribution in [0.25, 0.3) is 118 Å². The molecule has 0 aliphatic carbocycles. The van der Waals surface area contributed by atoms with Gasteiger partial charge in [0.05, 0.1) is 16.6 Å². The average Bonchev–Trinajstić information content (AvgIpc) is 3.86. The lowest BCUT2D eigenvalue weighted by Gasteiger charge is -2.09. The molecule has 0 fully saturated rings. The zero-order chi connectivity index (χ0) is 40.3. The van der Waals surface area contributed by atoms with Crippen molar-refractivity contribution in [2.75, 3.05) is 0 Å². The Morgan fingerprint density at radius 1 is 0.230 bits per heavy atom. The molecule has 0 unspecified atom stereocenters. The monoisotopic (exact) mass is 779 g/mol. The summed E-state index contributed by atoms with van der Waals surface area (Å²) in [5.41, 5.74) is 11.3. The molecule has 61 heavy (non-hydrogen) atoms. The Hall–Kier alpha value is -8.42. The quantitative estimate of drug-likeness (QED) is 0.160. The van der Waals surface area contributed by atoms with E-state index >= 15 is 0 Å². The van der Waals surface area contributed by atoms with E-state index in [0.29, 0.717) is 34.9 Å². The van der Waals surface area contributed by atoms with Crippen LogP contribution in [0.4, 0.5) is 0 Å². The van der Waals surface area contributed by atoms with Crippen molar-refractivity contribution < 1.29 is 0 Å². The highest BCUT2D eigenvalue weighted by Crippen LogP contribution is 2.43. The summed E-state index contributed by atoms with van der Waals surface area (Å²) in [6.07, 6.45) is 0. The predicted molar refractivity (Wildman–Crippen MR) is 246 cm³/mol. The molecule has 4 aromatic heterocycles. The molecule has 7 heteroatoms. The van der Waals surface area contributed by atoms with Gasteiger partial charge in [0.2, 0.25) is 0 Å². The maximum Gasteiger partial charge on any atom is 0.164 e. The van der Waals surface area contributed by atoms with E-state index < -0.39 is 0 Å². The van der Waals surface area contributed by atoms with Crippen molar-refractivity contribution in [3.8, 4) is 79.5 Å². The van der Waals surface area contributed by atoms with Crippen molar-refractivity contribution in [3.05, 3.63) is 200 Å². The minimum Gasteiger partial charge on any atom is -0.308 e. The van der Waals surface area contributed by atoms with Crippen LogP contribution in [-0.4, -0.2) is 34.3 Å². The second-order valence-electron chi connectivity index (χ2n) is 15.2. The lowest BCUT2D eigenvalue weighted by molar-refractivity contribution is 1.07. The van der Waals surface area contributed by atoms with Crippen LogP contribution in [0.3, 0.4) is 0 Å². The van der Waals surface area contributed by atoms with Crippen LogP contribution in [0.1, 0.15) is 0 Å². The van der Waals surface area contributed by atoms with E-state index in [-0.39, 0.29) is 0 Å². The van der Waals surface area contributed by atoms with Crippen LogP contribution in [0, 0.1) is 0 Å². The van der Waals surface area contributed by atoms with Gasteiger partial charge >= 0.3 is 0 Å². The first-order valence-corrected chi connectivity index (χ1v) is 20.3. The van der Waals surface area contributed by atoms with Crippen LogP contribution in [0.5, 0.6) is 0 Å². The van der Waals surface area contributed by atoms with E-state index in [1.807, 2.05) is 121 Å². The molecule has 284 valence electrons. The van der Waals surface area contributed by atoms with Gasteiger partial charge in [-0.05, 0) is 59.7 Å². The van der Waals surface area contributed by atoms with Gasteiger partial charge in [-0.3, -0.25) is 0 Å². The molecule has 0 saturated carbocycles. The van der Waals surface area contributed by atoms with E-state index in [4.69, 9.17) is 29.9 Å². The van der Waals surface area contributed by atoms with Crippen LogP contribution >= 0.6 is 0 Å². The van der Waals surface area contributed by atoms with Crippen LogP contribution in [0.2, 0.25) is 0 Å². The second-order valence-corrected chi connectivity index (χ2v) is 15.2. The Kier molecular flexibility index (Phi) is 8.03. The Labute approximate surface area is 350 Å². The first kappa shape index (κ1) is 34.6. The summed E-state index contributed by atoms with van der Waals surface area (Å²) in [4.78, 5) is 30.2. The van der Waals surface area contributed by atoms with Gasteiger partial charge in [-0.25, -0.2) is 29.9 Å². The molecule has 8 aromatic carbocycles. The third-order valence-corrected chi connectivity index (χ3v) is 11.4. The number of hydrogen-bond acceptors (Lipinski definition) is 6. The molecule has 12 aromatic rings. The van der Waals surface area contributed by atoms with Crippen molar-refractivity contribution in [3.63, 3.8) is 0 Å². The Balaban J connectivity index is 1.08. The fraction of sp³-hybridized carbons (Fsp3) is 0. The number of rotatable bonds is 7. The molecule has 7 nitrogen and oxygen atoms in total. The topological polar surface area (TPSA) is 81.8 Å². The average molecular weight is 780 g/mol. The first-order chi connectivity index (χ1) is 30.2. The molecule has 0 atom stereocenters. The molecular formula is C54H33N7. The standard InChI is InChI=1S/C54H33N7/c1-6-16-34(17-7-1)41-32-44-42-30-39(53-57-49(35-18-8-2-9-19-35)55-50(58-53)36-20-10-3-11-21-36)26-28-46(42)61-47-29-27-40(31-43(47)45(33-41)48(44)61)54-59-51(37-22-12-4-13-23-37)56-52(60-54)38-24-14-5-15-25-38/h1-33H. The van der Waals surface area contributed by atoms with Crippen LogP contribution in [0.15, 0.2) is 200 Å². The minimum absolute atomic E-state index is 0.624. The molecule has 0 amide bonds. The summed E-state index contributed by atoms with van der Waals surface area (Å²) in [5.74, 6) is 3.79. The fourth-order valence-electron chi connectivity index (χ4n) is 8.50. The van der Waals surface area contributed by atoms with Gasteiger partial charge in [-0.1, -0.05) is 152 Å². The van der Waals surface area contributed by atoms with E-state index in [2.05, 4.69) is 83.3 Å². The normalized spacial score (nSPS) is 11.6. The molecule has 0 spiro atoms. The first-order valence-electron chi connectivity index (χ1n) is 20.3. The zero-order valence-electron chi connectivity index (χ0n) is 32.7. The summed E-state index contributed by atoms with van der Waals surface area (Å²) >= 11 is 0. The molecule has 12 rings (SSSR count). The molecule has 4 heterocycles. The molecular weight excluding hydrogens is 747 g/mol. The molecule has 0 N–H and O–H groups in total. The summed E-state index contributed by atoms with van der Waals surface area (Å²) in [7, 11) is 0.